The molecular formula is C16H22ClNO4S2. The molecule has 2 aliphatic rings. The van der Waals surface area contributed by atoms with Crippen molar-refractivity contribution in [2.75, 3.05) is 29.6 Å². The number of aliphatic hydroxyl groups is 1. The predicted molar refractivity (Wildman–Crippen MR) is 101 cm³/mol. The molecule has 0 bridgehead atoms. The van der Waals surface area contributed by atoms with E-state index in [2.05, 4.69) is 11.7 Å². The number of thioether (sulfide) groups is 2. The van der Waals surface area contributed by atoms with Gasteiger partial charge in [0.1, 0.15) is 16.9 Å². The van der Waals surface area contributed by atoms with Gasteiger partial charge in [-0.2, -0.15) is 23.5 Å². The first-order chi connectivity index (χ1) is 11.5. The maximum Gasteiger partial charge on any atom is 0.344 e. The van der Waals surface area contributed by atoms with Crippen molar-refractivity contribution >= 4 is 46.8 Å². The van der Waals surface area contributed by atoms with Gasteiger partial charge in [0.25, 0.3) is 0 Å². The molecule has 1 saturated heterocycles. The second kappa shape index (κ2) is 9.06. The van der Waals surface area contributed by atoms with E-state index >= 15 is 0 Å². The molecule has 0 amide bonds. The van der Waals surface area contributed by atoms with Gasteiger partial charge in [-0.05, 0) is 6.42 Å². The Morgan fingerprint density at radius 3 is 2.67 bits per heavy atom. The predicted octanol–water partition coefficient (Wildman–Crippen LogP) is 3.89. The molecule has 0 aromatic carbocycles. The van der Waals surface area contributed by atoms with Crippen LogP contribution in [-0.2, 0) is 14.4 Å². The Balaban J connectivity index is 2.22. The Morgan fingerprint density at radius 2 is 2.12 bits per heavy atom. The standard InChI is InChI=1S/C16H22ClNO4S2/c1-3-4-12(18-21-8-11(2)17)14-13(19)7-16(22-15(14)20)9-23-5-6-24-10-16/h19H,2-10H2,1H3/b18-12-. The summed E-state index contributed by atoms with van der Waals surface area (Å²) in [6.07, 6.45) is 1.57. The van der Waals surface area contributed by atoms with Crippen LogP contribution < -0.4 is 0 Å². The lowest BCUT2D eigenvalue weighted by Gasteiger charge is -2.35. The van der Waals surface area contributed by atoms with Gasteiger partial charge in [0, 0.05) is 29.4 Å². The van der Waals surface area contributed by atoms with Crippen molar-refractivity contribution in [1.29, 1.82) is 0 Å². The Labute approximate surface area is 155 Å². The molecule has 0 aromatic rings. The number of hydrogen-bond donors (Lipinski definition) is 1. The number of carbonyl (C=O) groups is 1. The maximum atomic E-state index is 12.6. The SMILES string of the molecule is C=C(Cl)CO/N=C(/CCC)C1=C(O)CC2(CSCCSC2)OC1=O. The lowest BCUT2D eigenvalue weighted by Crippen LogP contribution is -2.45. The maximum absolute atomic E-state index is 12.6. The van der Waals surface area contributed by atoms with Crippen LogP contribution >= 0.6 is 35.1 Å². The van der Waals surface area contributed by atoms with E-state index in [0.717, 1.165) is 17.9 Å². The van der Waals surface area contributed by atoms with E-state index in [-0.39, 0.29) is 17.9 Å². The molecule has 0 aliphatic carbocycles. The van der Waals surface area contributed by atoms with Crippen molar-refractivity contribution < 1.29 is 19.5 Å². The molecule has 1 fully saturated rings. The van der Waals surface area contributed by atoms with Crippen molar-refractivity contribution in [3.63, 3.8) is 0 Å². The molecule has 134 valence electrons. The van der Waals surface area contributed by atoms with E-state index in [9.17, 15) is 9.90 Å². The monoisotopic (exact) mass is 391 g/mol. The van der Waals surface area contributed by atoms with Gasteiger partial charge in [-0.3, -0.25) is 0 Å². The van der Waals surface area contributed by atoms with Crippen LogP contribution in [-0.4, -0.2) is 52.0 Å². The normalized spacial score (nSPS) is 21.4. The zero-order chi connectivity index (χ0) is 17.6. The highest BCUT2D eigenvalue weighted by Gasteiger charge is 2.43. The van der Waals surface area contributed by atoms with Gasteiger partial charge < -0.3 is 14.7 Å². The van der Waals surface area contributed by atoms with Gasteiger partial charge >= 0.3 is 5.97 Å². The summed E-state index contributed by atoms with van der Waals surface area (Å²) in [7, 11) is 0. The first kappa shape index (κ1) is 19.5. The molecule has 1 N–H and O–H groups in total. The first-order valence-electron chi connectivity index (χ1n) is 7.81. The summed E-state index contributed by atoms with van der Waals surface area (Å²) in [4.78, 5) is 17.7. The molecular weight excluding hydrogens is 370 g/mol. The molecule has 2 heterocycles. The van der Waals surface area contributed by atoms with Crippen molar-refractivity contribution in [2.24, 2.45) is 5.16 Å². The van der Waals surface area contributed by atoms with E-state index < -0.39 is 11.6 Å². The van der Waals surface area contributed by atoms with Crippen LogP contribution in [0.5, 0.6) is 0 Å². The van der Waals surface area contributed by atoms with Gasteiger partial charge in [-0.15, -0.1) is 0 Å². The summed E-state index contributed by atoms with van der Waals surface area (Å²) in [5.41, 5.74) is -0.109. The minimum absolute atomic E-state index is 0.0369. The second-order valence-corrected chi connectivity index (χ2v) is 8.50. The second-order valence-electron chi connectivity index (χ2n) is 5.75. The van der Waals surface area contributed by atoms with Crippen LogP contribution in [0.25, 0.3) is 0 Å². The number of nitrogens with zero attached hydrogens (tertiary/aromatic N) is 1. The summed E-state index contributed by atoms with van der Waals surface area (Å²) >= 11 is 9.15. The van der Waals surface area contributed by atoms with Crippen molar-refractivity contribution in [3.05, 3.63) is 22.9 Å². The number of ether oxygens (including phenoxy) is 1. The van der Waals surface area contributed by atoms with Crippen LogP contribution in [0.1, 0.15) is 26.2 Å². The van der Waals surface area contributed by atoms with E-state index in [0.29, 0.717) is 35.1 Å². The fraction of sp³-hybridized carbons (Fsp3) is 0.625. The topological polar surface area (TPSA) is 68.1 Å². The number of rotatable bonds is 6. The van der Waals surface area contributed by atoms with E-state index in [4.69, 9.17) is 21.2 Å². The number of hydrogen-bond acceptors (Lipinski definition) is 7. The minimum atomic E-state index is -0.626. The summed E-state index contributed by atoms with van der Waals surface area (Å²) in [6.45, 7) is 5.53. The molecule has 0 atom stereocenters. The number of oxime groups is 1. The zero-order valence-electron chi connectivity index (χ0n) is 13.7. The van der Waals surface area contributed by atoms with Crippen molar-refractivity contribution in [2.45, 2.75) is 31.8 Å². The average Bonchev–Trinajstić information content (AvgIpc) is 2.71. The Kier molecular flexibility index (Phi) is 7.37. The Morgan fingerprint density at radius 1 is 1.46 bits per heavy atom. The first-order valence-corrected chi connectivity index (χ1v) is 10.5. The molecule has 2 rings (SSSR count). The lowest BCUT2D eigenvalue weighted by atomic mass is 9.93. The van der Waals surface area contributed by atoms with Crippen LogP contribution in [0.2, 0.25) is 0 Å². The van der Waals surface area contributed by atoms with Gasteiger partial charge in [0.05, 0.1) is 10.7 Å². The summed E-state index contributed by atoms with van der Waals surface area (Å²) in [5.74, 6) is 2.97. The highest BCUT2D eigenvalue weighted by Crippen LogP contribution is 2.37. The molecule has 24 heavy (non-hydrogen) atoms. The number of halogens is 1. The molecule has 8 heteroatoms. The quantitative estimate of drug-likeness (QED) is 0.421. The van der Waals surface area contributed by atoms with Crippen LogP contribution in [0.4, 0.5) is 0 Å². The van der Waals surface area contributed by atoms with Crippen LogP contribution in [0, 0.1) is 0 Å². The minimum Gasteiger partial charge on any atom is -0.511 e. The van der Waals surface area contributed by atoms with E-state index in [1.807, 2.05) is 6.92 Å². The van der Waals surface area contributed by atoms with Gasteiger partial charge in [-0.1, -0.05) is 36.7 Å². The molecule has 5 nitrogen and oxygen atoms in total. The average molecular weight is 392 g/mol. The van der Waals surface area contributed by atoms with Crippen molar-refractivity contribution in [1.82, 2.24) is 0 Å². The molecule has 1 spiro atoms. The fourth-order valence-electron chi connectivity index (χ4n) is 2.55. The van der Waals surface area contributed by atoms with Gasteiger partial charge in [0.15, 0.2) is 6.61 Å². The third-order valence-corrected chi connectivity index (χ3v) is 6.38. The molecule has 0 aromatic heterocycles. The van der Waals surface area contributed by atoms with Crippen molar-refractivity contribution in [3.8, 4) is 0 Å². The van der Waals surface area contributed by atoms with Gasteiger partial charge in [0.2, 0.25) is 0 Å². The third kappa shape index (κ3) is 5.10. The number of aliphatic hydroxyl groups excluding tert-OH is 1. The molecule has 0 saturated carbocycles. The highest BCUT2D eigenvalue weighted by molar-refractivity contribution is 8.03. The van der Waals surface area contributed by atoms with Crippen LogP contribution in [0.3, 0.4) is 0 Å². The third-order valence-electron chi connectivity index (χ3n) is 3.57. The highest BCUT2D eigenvalue weighted by atomic mass is 35.5. The van der Waals surface area contributed by atoms with E-state index in [1.165, 1.54) is 0 Å². The largest absolute Gasteiger partial charge is 0.511 e. The number of carbonyl (C=O) groups excluding carboxylic acids is 1. The van der Waals surface area contributed by atoms with Gasteiger partial charge in [-0.25, -0.2) is 4.79 Å². The fourth-order valence-corrected chi connectivity index (χ4v) is 5.23. The Bertz CT molecular complexity index is 554. The van der Waals surface area contributed by atoms with E-state index in [1.54, 1.807) is 23.5 Å². The van der Waals surface area contributed by atoms with Crippen LogP contribution in [0.15, 0.2) is 28.1 Å². The number of esters is 1. The lowest BCUT2D eigenvalue weighted by molar-refractivity contribution is -0.152. The summed E-state index contributed by atoms with van der Waals surface area (Å²) in [5, 5.41) is 14.8. The summed E-state index contributed by atoms with van der Waals surface area (Å²) in [6, 6.07) is 0. The molecule has 0 unspecified atom stereocenters. The zero-order valence-corrected chi connectivity index (χ0v) is 16.1. The molecule has 2 aliphatic heterocycles. The Hall–Kier alpha value is -0.790. The molecule has 0 radical (unpaired) electrons. The smallest absolute Gasteiger partial charge is 0.344 e. The summed E-state index contributed by atoms with van der Waals surface area (Å²) < 4.78 is 5.75.